The van der Waals surface area contributed by atoms with Crippen molar-refractivity contribution in [2.75, 3.05) is 32.0 Å². The van der Waals surface area contributed by atoms with Crippen molar-refractivity contribution >= 4 is 24.2 Å². The molecule has 1 amide bonds. The molecule has 2 heterocycles. The molecule has 2 N–H and O–H groups in total. The van der Waals surface area contributed by atoms with Gasteiger partial charge in [0.15, 0.2) is 0 Å². The molecule has 0 bridgehead atoms. The predicted molar refractivity (Wildman–Crippen MR) is 89.6 cm³/mol. The number of carbonyl (C=O) groups excluding carboxylic acids is 1. The van der Waals surface area contributed by atoms with Crippen LogP contribution >= 0.6 is 12.4 Å². The number of rotatable bonds is 4. The number of nitrogens with one attached hydrogen (secondary N) is 2. The number of nitrogens with zero attached hydrogens (tertiary/aromatic N) is 2. The molecule has 0 radical (unpaired) electrons. The maximum Gasteiger partial charge on any atom is 0.240 e. The number of hydrogen-bond donors (Lipinski definition) is 2. The molecule has 1 saturated heterocycles. The van der Waals surface area contributed by atoms with Crippen LogP contribution in [0.15, 0.2) is 10.6 Å². The van der Waals surface area contributed by atoms with Gasteiger partial charge in [0, 0.05) is 30.6 Å². The van der Waals surface area contributed by atoms with Gasteiger partial charge in [-0.05, 0) is 19.9 Å². The molecule has 0 unspecified atom stereocenters. The standard InChI is InChI=1S/C15H26N4O2.ClH/c1-15(2,3)12-9-14(21-18-12)17-13(20)10-19-7-5-11(16-4)6-8-19;/h9,11,16H,5-8,10H2,1-4H3,(H,17,20);1H. The zero-order valence-electron chi connectivity index (χ0n) is 13.8. The van der Waals surface area contributed by atoms with E-state index >= 15 is 0 Å². The molecule has 2 rings (SSSR count). The topological polar surface area (TPSA) is 70.4 Å². The second kappa shape index (κ2) is 7.94. The summed E-state index contributed by atoms with van der Waals surface area (Å²) in [6.07, 6.45) is 2.17. The van der Waals surface area contributed by atoms with Crippen LogP contribution in [0, 0.1) is 0 Å². The van der Waals surface area contributed by atoms with E-state index in [0.717, 1.165) is 31.6 Å². The summed E-state index contributed by atoms with van der Waals surface area (Å²) < 4.78 is 5.17. The maximum atomic E-state index is 12.0. The third-order valence-corrected chi connectivity index (χ3v) is 3.90. The highest BCUT2D eigenvalue weighted by Gasteiger charge is 2.22. The van der Waals surface area contributed by atoms with Crippen LogP contribution in [0.5, 0.6) is 0 Å². The molecule has 22 heavy (non-hydrogen) atoms. The minimum absolute atomic E-state index is 0. The summed E-state index contributed by atoms with van der Waals surface area (Å²) in [4.78, 5) is 14.2. The van der Waals surface area contributed by atoms with Crippen LogP contribution in [-0.2, 0) is 10.2 Å². The highest BCUT2D eigenvalue weighted by atomic mass is 35.5. The quantitative estimate of drug-likeness (QED) is 0.883. The smallest absolute Gasteiger partial charge is 0.240 e. The molecule has 0 aliphatic carbocycles. The van der Waals surface area contributed by atoms with Gasteiger partial charge in [0.2, 0.25) is 11.8 Å². The largest absolute Gasteiger partial charge is 0.338 e. The van der Waals surface area contributed by atoms with Crippen LogP contribution in [0.2, 0.25) is 0 Å². The second-order valence-corrected chi connectivity index (χ2v) is 6.71. The third kappa shape index (κ3) is 5.26. The molecule has 0 aromatic carbocycles. The van der Waals surface area contributed by atoms with Gasteiger partial charge in [0.1, 0.15) is 0 Å². The molecule has 1 aromatic heterocycles. The average molecular weight is 331 g/mol. The second-order valence-electron chi connectivity index (χ2n) is 6.71. The van der Waals surface area contributed by atoms with Gasteiger partial charge in [0.25, 0.3) is 0 Å². The number of likely N-dealkylation sites (tertiary alicyclic amines) is 1. The Morgan fingerprint density at radius 2 is 2.05 bits per heavy atom. The van der Waals surface area contributed by atoms with Gasteiger partial charge in [0.05, 0.1) is 12.2 Å². The Labute approximate surface area is 138 Å². The van der Waals surface area contributed by atoms with Gasteiger partial charge in [-0.3, -0.25) is 15.0 Å². The molecule has 1 fully saturated rings. The van der Waals surface area contributed by atoms with Gasteiger partial charge in [-0.15, -0.1) is 12.4 Å². The van der Waals surface area contributed by atoms with Crippen molar-refractivity contribution in [2.24, 2.45) is 0 Å². The normalized spacial score (nSPS) is 17.1. The fraction of sp³-hybridized carbons (Fsp3) is 0.733. The fourth-order valence-electron chi connectivity index (χ4n) is 2.45. The Bertz CT molecular complexity index is 476. The Kier molecular flexibility index (Phi) is 6.84. The molecule has 1 aliphatic rings. The van der Waals surface area contributed by atoms with E-state index in [0.29, 0.717) is 18.5 Å². The Morgan fingerprint density at radius 1 is 1.41 bits per heavy atom. The molecule has 7 heteroatoms. The van der Waals surface area contributed by atoms with E-state index < -0.39 is 0 Å². The van der Waals surface area contributed by atoms with Crippen LogP contribution in [-0.4, -0.2) is 48.7 Å². The number of piperidine rings is 1. The summed E-state index contributed by atoms with van der Waals surface area (Å²) in [6.45, 7) is 8.47. The first-order chi connectivity index (χ1) is 9.88. The lowest BCUT2D eigenvalue weighted by molar-refractivity contribution is -0.117. The number of anilines is 1. The molecule has 0 saturated carbocycles. The summed E-state index contributed by atoms with van der Waals surface area (Å²) >= 11 is 0. The SMILES string of the molecule is CNC1CCN(CC(=O)Nc2cc(C(C)(C)C)no2)CC1.Cl. The predicted octanol–water partition coefficient (Wildman–Crippen LogP) is 2.02. The van der Waals surface area contributed by atoms with Gasteiger partial charge >= 0.3 is 0 Å². The molecule has 126 valence electrons. The van der Waals surface area contributed by atoms with Crippen molar-refractivity contribution in [3.8, 4) is 0 Å². The molecule has 1 aromatic rings. The lowest BCUT2D eigenvalue weighted by atomic mass is 9.92. The first kappa shape index (κ1) is 18.9. The van der Waals surface area contributed by atoms with Crippen molar-refractivity contribution in [3.63, 3.8) is 0 Å². The zero-order chi connectivity index (χ0) is 15.5. The monoisotopic (exact) mass is 330 g/mol. The zero-order valence-corrected chi connectivity index (χ0v) is 14.6. The van der Waals surface area contributed by atoms with Crippen molar-refractivity contribution in [2.45, 2.75) is 45.1 Å². The van der Waals surface area contributed by atoms with Crippen LogP contribution < -0.4 is 10.6 Å². The Morgan fingerprint density at radius 3 is 2.55 bits per heavy atom. The maximum absolute atomic E-state index is 12.0. The minimum atomic E-state index is -0.0818. The van der Waals surface area contributed by atoms with Gasteiger partial charge in [-0.1, -0.05) is 25.9 Å². The van der Waals surface area contributed by atoms with E-state index in [1.807, 2.05) is 7.05 Å². The van der Waals surface area contributed by atoms with Crippen molar-refractivity contribution < 1.29 is 9.32 Å². The van der Waals surface area contributed by atoms with Crippen LogP contribution in [0.4, 0.5) is 5.88 Å². The van der Waals surface area contributed by atoms with Gasteiger partial charge in [-0.2, -0.15) is 0 Å². The summed E-state index contributed by atoms with van der Waals surface area (Å²) in [5.74, 6) is 0.379. The fourth-order valence-corrected chi connectivity index (χ4v) is 2.45. The van der Waals surface area contributed by atoms with Crippen LogP contribution in [0.3, 0.4) is 0 Å². The van der Waals surface area contributed by atoms with E-state index in [1.54, 1.807) is 6.07 Å². The van der Waals surface area contributed by atoms with E-state index in [-0.39, 0.29) is 23.7 Å². The van der Waals surface area contributed by atoms with Crippen molar-refractivity contribution in [1.29, 1.82) is 0 Å². The summed E-state index contributed by atoms with van der Waals surface area (Å²) in [5.41, 5.74) is 0.759. The van der Waals surface area contributed by atoms with E-state index in [1.165, 1.54) is 0 Å². The minimum Gasteiger partial charge on any atom is -0.338 e. The van der Waals surface area contributed by atoms with Crippen LogP contribution in [0.25, 0.3) is 0 Å². The number of amides is 1. The molecular weight excluding hydrogens is 304 g/mol. The highest BCUT2D eigenvalue weighted by Crippen LogP contribution is 2.23. The lowest BCUT2D eigenvalue weighted by Crippen LogP contribution is -2.44. The van der Waals surface area contributed by atoms with Crippen molar-refractivity contribution in [1.82, 2.24) is 15.4 Å². The highest BCUT2D eigenvalue weighted by molar-refractivity contribution is 5.91. The number of carbonyl (C=O) groups is 1. The average Bonchev–Trinajstić information content (AvgIpc) is 2.88. The number of aromatic nitrogens is 1. The summed E-state index contributed by atoms with van der Waals surface area (Å²) in [7, 11) is 1.99. The van der Waals surface area contributed by atoms with E-state index in [4.69, 9.17) is 4.52 Å². The first-order valence-electron chi connectivity index (χ1n) is 7.55. The molecule has 0 atom stereocenters. The summed E-state index contributed by atoms with van der Waals surface area (Å²) in [5, 5.41) is 10.1. The number of halogens is 1. The Balaban J connectivity index is 0.00000242. The molecule has 0 spiro atoms. The molecule has 6 nitrogen and oxygen atoms in total. The number of hydrogen-bond acceptors (Lipinski definition) is 5. The molecular formula is C15H27ClN4O2. The lowest BCUT2D eigenvalue weighted by Gasteiger charge is -2.30. The van der Waals surface area contributed by atoms with E-state index in [2.05, 4.69) is 41.5 Å². The van der Waals surface area contributed by atoms with Gasteiger partial charge in [-0.25, -0.2) is 0 Å². The summed E-state index contributed by atoms with van der Waals surface area (Å²) in [6, 6.07) is 2.37. The van der Waals surface area contributed by atoms with Crippen LogP contribution in [0.1, 0.15) is 39.3 Å². The third-order valence-electron chi connectivity index (χ3n) is 3.90. The molecule has 1 aliphatic heterocycles. The van der Waals surface area contributed by atoms with Crippen molar-refractivity contribution in [3.05, 3.63) is 11.8 Å². The Hall–Kier alpha value is -1.11. The van der Waals surface area contributed by atoms with E-state index in [9.17, 15) is 4.79 Å². The van der Waals surface area contributed by atoms with Gasteiger partial charge < -0.3 is 9.84 Å². The first-order valence-corrected chi connectivity index (χ1v) is 7.55.